The van der Waals surface area contributed by atoms with Crippen molar-refractivity contribution in [1.29, 1.82) is 0 Å². The summed E-state index contributed by atoms with van der Waals surface area (Å²) in [5.41, 5.74) is 5.11. The van der Waals surface area contributed by atoms with Gasteiger partial charge in [0.1, 0.15) is 6.04 Å². The molecule has 1 saturated heterocycles. The van der Waals surface area contributed by atoms with E-state index >= 15 is 0 Å². The molecule has 26 heavy (non-hydrogen) atoms. The van der Waals surface area contributed by atoms with Crippen molar-refractivity contribution in [2.75, 3.05) is 52.4 Å². The maximum Gasteiger partial charge on any atom is 0.320 e. The van der Waals surface area contributed by atoms with E-state index in [9.17, 15) is 24.3 Å². The summed E-state index contributed by atoms with van der Waals surface area (Å²) in [6, 6.07) is -0.945. The Bertz CT molecular complexity index is 500. The minimum atomic E-state index is -1.10. The van der Waals surface area contributed by atoms with Crippen LogP contribution in [0.15, 0.2) is 0 Å². The van der Waals surface area contributed by atoms with E-state index in [1.807, 2.05) is 0 Å². The minimum Gasteiger partial charge on any atom is -0.480 e. The Labute approximate surface area is 150 Å². The Morgan fingerprint density at radius 1 is 0.808 bits per heavy atom. The largest absolute Gasteiger partial charge is 0.480 e. The minimum absolute atomic E-state index is 0.0442. The van der Waals surface area contributed by atoms with Crippen LogP contribution in [0.25, 0.3) is 0 Å². The van der Waals surface area contributed by atoms with E-state index in [2.05, 4.69) is 0 Å². The highest BCUT2D eigenvalue weighted by Gasteiger charge is 2.28. The van der Waals surface area contributed by atoms with Crippen LogP contribution in [-0.4, -0.2) is 112 Å². The SMILES string of the molecule is NC(=O)CCC(C(=O)O)N1CCN(CC(=O)O)CCN(CC(=O)O)CC1. The lowest BCUT2D eigenvalue weighted by Crippen LogP contribution is -2.47. The van der Waals surface area contributed by atoms with Crippen molar-refractivity contribution in [3.8, 4) is 0 Å². The van der Waals surface area contributed by atoms with Gasteiger partial charge >= 0.3 is 17.9 Å². The molecule has 0 saturated carbocycles. The second-order valence-electron chi connectivity index (χ2n) is 6.23. The third-order valence-corrected chi connectivity index (χ3v) is 4.25. The standard InChI is InChI=1S/C15H26N4O7/c16-12(20)2-1-11(15(25)26)19-7-5-17(9-13(21)22)3-4-18(6-8-19)10-14(23)24/h11H,1-10H2,(H2,16,20)(H,21,22)(H,23,24)(H,25,26). The average molecular weight is 374 g/mol. The van der Waals surface area contributed by atoms with E-state index in [0.29, 0.717) is 39.3 Å². The third-order valence-electron chi connectivity index (χ3n) is 4.25. The molecule has 0 spiro atoms. The maximum absolute atomic E-state index is 11.6. The molecule has 5 N–H and O–H groups in total. The molecule has 0 aliphatic carbocycles. The number of carboxylic acids is 3. The number of nitrogens with zero attached hydrogens (tertiary/aromatic N) is 3. The van der Waals surface area contributed by atoms with Crippen molar-refractivity contribution < 1.29 is 34.5 Å². The second-order valence-corrected chi connectivity index (χ2v) is 6.23. The van der Waals surface area contributed by atoms with Crippen LogP contribution in [0.3, 0.4) is 0 Å². The Balaban J connectivity index is 2.90. The molecule has 11 nitrogen and oxygen atoms in total. The summed E-state index contributed by atoms with van der Waals surface area (Å²) in [6.07, 6.45) is -0.0341. The number of hydrogen-bond donors (Lipinski definition) is 4. The van der Waals surface area contributed by atoms with Crippen molar-refractivity contribution in [2.45, 2.75) is 18.9 Å². The average Bonchev–Trinajstić information content (AvgIpc) is 2.59. The molecule has 1 fully saturated rings. The quantitative estimate of drug-likeness (QED) is 0.348. The number of carbonyl (C=O) groups is 4. The van der Waals surface area contributed by atoms with Gasteiger partial charge < -0.3 is 21.1 Å². The number of carboxylic acid groups (broad SMARTS) is 3. The van der Waals surface area contributed by atoms with Gasteiger partial charge in [0, 0.05) is 45.7 Å². The topological polar surface area (TPSA) is 165 Å². The van der Waals surface area contributed by atoms with Crippen molar-refractivity contribution >= 4 is 23.8 Å². The molecular weight excluding hydrogens is 348 g/mol. The van der Waals surface area contributed by atoms with Crippen LogP contribution >= 0.6 is 0 Å². The molecule has 1 unspecified atom stereocenters. The first kappa shape index (κ1) is 21.8. The van der Waals surface area contributed by atoms with Crippen molar-refractivity contribution in [3.63, 3.8) is 0 Å². The molecule has 1 rings (SSSR count). The molecule has 1 atom stereocenters. The molecule has 11 heteroatoms. The van der Waals surface area contributed by atoms with Crippen molar-refractivity contribution in [3.05, 3.63) is 0 Å². The number of amides is 1. The highest BCUT2D eigenvalue weighted by atomic mass is 16.4. The maximum atomic E-state index is 11.6. The number of rotatable bonds is 9. The summed E-state index contributed by atoms with van der Waals surface area (Å²) < 4.78 is 0. The molecule has 0 aromatic heterocycles. The summed E-state index contributed by atoms with van der Waals surface area (Å²) in [5.74, 6) is -3.71. The van der Waals surface area contributed by atoms with E-state index in [1.165, 1.54) is 0 Å². The van der Waals surface area contributed by atoms with Gasteiger partial charge in [-0.15, -0.1) is 0 Å². The van der Waals surface area contributed by atoms with Gasteiger partial charge in [-0.2, -0.15) is 0 Å². The van der Waals surface area contributed by atoms with Crippen LogP contribution in [0.5, 0.6) is 0 Å². The van der Waals surface area contributed by atoms with Gasteiger partial charge in [-0.3, -0.25) is 33.9 Å². The second kappa shape index (κ2) is 10.7. The summed E-state index contributed by atoms with van der Waals surface area (Å²) in [5, 5.41) is 27.5. The number of aliphatic carboxylic acids is 3. The highest BCUT2D eigenvalue weighted by molar-refractivity contribution is 5.77. The fourth-order valence-corrected chi connectivity index (χ4v) is 2.91. The van der Waals surface area contributed by atoms with Gasteiger partial charge in [-0.05, 0) is 6.42 Å². The Kier molecular flexibility index (Phi) is 8.96. The van der Waals surface area contributed by atoms with Crippen LogP contribution in [0.1, 0.15) is 12.8 Å². The lowest BCUT2D eigenvalue weighted by molar-refractivity contribution is -0.144. The predicted molar refractivity (Wildman–Crippen MR) is 89.6 cm³/mol. The lowest BCUT2D eigenvalue weighted by Gasteiger charge is -2.30. The van der Waals surface area contributed by atoms with Gasteiger partial charge in [0.2, 0.25) is 5.91 Å². The lowest BCUT2D eigenvalue weighted by atomic mass is 10.1. The summed E-state index contributed by atoms with van der Waals surface area (Å²) in [7, 11) is 0. The molecule has 1 heterocycles. The number of nitrogens with two attached hydrogens (primary N) is 1. The Morgan fingerprint density at radius 3 is 1.58 bits per heavy atom. The first-order valence-corrected chi connectivity index (χ1v) is 8.32. The zero-order valence-corrected chi connectivity index (χ0v) is 14.5. The molecule has 0 radical (unpaired) electrons. The molecule has 1 aliphatic heterocycles. The molecule has 1 amide bonds. The Morgan fingerprint density at radius 2 is 1.23 bits per heavy atom. The van der Waals surface area contributed by atoms with Crippen molar-refractivity contribution in [2.24, 2.45) is 5.73 Å². The van der Waals surface area contributed by atoms with Crippen LogP contribution in [0.2, 0.25) is 0 Å². The molecular formula is C15H26N4O7. The number of primary amides is 1. The van der Waals surface area contributed by atoms with E-state index < -0.39 is 29.9 Å². The van der Waals surface area contributed by atoms with Crippen molar-refractivity contribution in [1.82, 2.24) is 14.7 Å². The molecule has 0 bridgehead atoms. The summed E-state index contributed by atoms with van der Waals surface area (Å²) >= 11 is 0. The van der Waals surface area contributed by atoms with Crippen LogP contribution in [0.4, 0.5) is 0 Å². The van der Waals surface area contributed by atoms with E-state index in [0.717, 1.165) is 0 Å². The predicted octanol–water partition coefficient (Wildman–Crippen LogP) is -2.21. The van der Waals surface area contributed by atoms with E-state index in [4.69, 9.17) is 15.9 Å². The third kappa shape index (κ3) is 8.23. The number of carbonyl (C=O) groups excluding carboxylic acids is 1. The van der Waals surface area contributed by atoms with Crippen LogP contribution < -0.4 is 5.73 Å². The summed E-state index contributed by atoms with van der Waals surface area (Å²) in [6.45, 7) is 1.55. The molecule has 0 aromatic rings. The van der Waals surface area contributed by atoms with E-state index in [-0.39, 0.29) is 25.9 Å². The van der Waals surface area contributed by atoms with Gasteiger partial charge in [0.15, 0.2) is 0 Å². The van der Waals surface area contributed by atoms with Gasteiger partial charge in [-0.1, -0.05) is 0 Å². The first-order chi connectivity index (χ1) is 12.2. The van der Waals surface area contributed by atoms with Gasteiger partial charge in [-0.25, -0.2) is 0 Å². The van der Waals surface area contributed by atoms with Crippen LogP contribution in [-0.2, 0) is 19.2 Å². The summed E-state index contributed by atoms with van der Waals surface area (Å²) in [4.78, 5) is 49.5. The normalized spacial score (nSPS) is 19.1. The first-order valence-electron chi connectivity index (χ1n) is 8.32. The van der Waals surface area contributed by atoms with Gasteiger partial charge in [0.05, 0.1) is 13.1 Å². The van der Waals surface area contributed by atoms with Gasteiger partial charge in [0.25, 0.3) is 0 Å². The smallest absolute Gasteiger partial charge is 0.320 e. The Hall–Kier alpha value is -2.24. The van der Waals surface area contributed by atoms with Crippen LogP contribution in [0, 0.1) is 0 Å². The molecule has 0 aromatic carbocycles. The number of hydrogen-bond acceptors (Lipinski definition) is 7. The zero-order chi connectivity index (χ0) is 19.7. The molecule has 1 aliphatic rings. The highest BCUT2D eigenvalue weighted by Crippen LogP contribution is 2.10. The monoisotopic (exact) mass is 374 g/mol. The zero-order valence-electron chi connectivity index (χ0n) is 14.5. The molecule has 148 valence electrons. The van der Waals surface area contributed by atoms with E-state index in [1.54, 1.807) is 14.7 Å². The fourth-order valence-electron chi connectivity index (χ4n) is 2.91. The fraction of sp³-hybridized carbons (Fsp3) is 0.733.